The van der Waals surface area contributed by atoms with Crippen molar-refractivity contribution in [1.29, 1.82) is 0 Å². The Kier molecular flexibility index (Phi) is 5.91. The topological polar surface area (TPSA) is 106 Å². The number of hydrogen-bond donors (Lipinski definition) is 1. The van der Waals surface area contributed by atoms with E-state index in [0.29, 0.717) is 11.4 Å². The van der Waals surface area contributed by atoms with E-state index in [1.54, 1.807) is 36.4 Å². The van der Waals surface area contributed by atoms with E-state index in [0.717, 1.165) is 9.37 Å². The van der Waals surface area contributed by atoms with Crippen LogP contribution in [0.1, 0.15) is 43.8 Å². The van der Waals surface area contributed by atoms with Crippen LogP contribution in [0.25, 0.3) is 0 Å². The average Bonchev–Trinajstić information content (AvgIpc) is 3.38. The van der Waals surface area contributed by atoms with E-state index in [4.69, 9.17) is 9.15 Å². The number of benzene rings is 2. The molecule has 1 unspecified atom stereocenters. The maximum absolute atomic E-state index is 12.7. The van der Waals surface area contributed by atoms with Crippen molar-refractivity contribution in [2.75, 3.05) is 5.32 Å². The second-order valence-electron chi connectivity index (χ2n) is 7.08. The number of hydrogen-bond acceptors (Lipinski definition) is 6. The Morgan fingerprint density at radius 2 is 1.78 bits per heavy atom. The van der Waals surface area contributed by atoms with Gasteiger partial charge in [0.1, 0.15) is 5.76 Å². The molecule has 0 fully saturated rings. The van der Waals surface area contributed by atoms with E-state index in [2.05, 4.69) is 21.2 Å². The third-order valence-corrected chi connectivity index (χ3v) is 5.39. The summed E-state index contributed by atoms with van der Waals surface area (Å²) in [7, 11) is 0. The third-order valence-electron chi connectivity index (χ3n) is 4.87. The number of halogens is 1. The number of nitrogens with zero attached hydrogens (tertiary/aromatic N) is 1. The van der Waals surface area contributed by atoms with E-state index in [-0.39, 0.29) is 23.2 Å². The molecule has 1 aliphatic heterocycles. The Hall–Kier alpha value is -3.72. The zero-order valence-electron chi connectivity index (χ0n) is 16.8. The lowest BCUT2D eigenvalue weighted by Crippen LogP contribution is -2.30. The number of carbonyl (C=O) groups excluding carboxylic acids is 4. The van der Waals surface area contributed by atoms with Gasteiger partial charge in [-0.3, -0.25) is 19.3 Å². The number of amides is 3. The molecule has 1 atom stereocenters. The molecule has 0 bridgehead atoms. The lowest BCUT2D eigenvalue weighted by molar-refractivity contribution is -0.123. The maximum atomic E-state index is 12.7. The molecule has 1 aliphatic rings. The van der Waals surface area contributed by atoms with Crippen LogP contribution in [0.2, 0.25) is 0 Å². The highest BCUT2D eigenvalue weighted by atomic mass is 79.9. The molecule has 3 aromatic rings. The number of carbonyl (C=O) groups is 4. The van der Waals surface area contributed by atoms with E-state index in [1.165, 1.54) is 31.4 Å². The first-order chi connectivity index (χ1) is 15.3. The second-order valence-corrected chi connectivity index (χ2v) is 8.00. The van der Waals surface area contributed by atoms with Gasteiger partial charge >= 0.3 is 5.97 Å². The van der Waals surface area contributed by atoms with Crippen molar-refractivity contribution in [3.63, 3.8) is 0 Å². The summed E-state index contributed by atoms with van der Waals surface area (Å²) in [4.78, 5) is 51.2. The summed E-state index contributed by atoms with van der Waals surface area (Å²) in [5.74, 6) is -1.82. The first-order valence-electron chi connectivity index (χ1n) is 9.63. The van der Waals surface area contributed by atoms with Gasteiger partial charge in [-0.2, -0.15) is 0 Å². The molecule has 2 aromatic carbocycles. The minimum absolute atomic E-state index is 0.00755. The van der Waals surface area contributed by atoms with Gasteiger partial charge in [0.05, 0.1) is 29.5 Å². The fourth-order valence-corrected chi connectivity index (χ4v) is 3.44. The fourth-order valence-electron chi connectivity index (χ4n) is 3.18. The SMILES string of the molecule is CC(OC(=O)c1ccc2c(c1)C(=O)N(Cc1ccco1)C2=O)C(=O)Nc1ccc(Br)cc1. The summed E-state index contributed by atoms with van der Waals surface area (Å²) >= 11 is 3.31. The van der Waals surface area contributed by atoms with E-state index in [9.17, 15) is 19.2 Å². The standard InChI is InChI=1S/C23H17BrN2O6/c1-13(20(27)25-16-7-5-15(24)6-8-16)32-23(30)14-4-9-18-19(11-14)22(29)26(21(18)28)12-17-3-2-10-31-17/h2-11,13H,12H2,1H3,(H,25,27). The second kappa shape index (κ2) is 8.80. The van der Waals surface area contributed by atoms with Crippen molar-refractivity contribution < 1.29 is 28.3 Å². The summed E-state index contributed by atoms with van der Waals surface area (Å²) in [6, 6.07) is 14.4. The Morgan fingerprint density at radius 3 is 2.47 bits per heavy atom. The molecule has 8 nitrogen and oxygen atoms in total. The molecule has 0 aliphatic carbocycles. The molecular formula is C23H17BrN2O6. The molecule has 0 radical (unpaired) electrons. The quantitative estimate of drug-likeness (QED) is 0.408. The lowest BCUT2D eigenvalue weighted by atomic mass is 10.1. The molecule has 32 heavy (non-hydrogen) atoms. The van der Waals surface area contributed by atoms with Gasteiger partial charge in [-0.05, 0) is 61.5 Å². The Morgan fingerprint density at radius 1 is 1.06 bits per heavy atom. The van der Waals surface area contributed by atoms with Crippen LogP contribution >= 0.6 is 15.9 Å². The largest absolute Gasteiger partial charge is 0.467 e. The van der Waals surface area contributed by atoms with Gasteiger partial charge in [-0.15, -0.1) is 0 Å². The zero-order chi connectivity index (χ0) is 22.8. The average molecular weight is 497 g/mol. The minimum atomic E-state index is -1.08. The monoisotopic (exact) mass is 496 g/mol. The highest BCUT2D eigenvalue weighted by Gasteiger charge is 2.36. The number of nitrogens with one attached hydrogen (secondary N) is 1. The fraction of sp³-hybridized carbons (Fsp3) is 0.130. The Balaban J connectivity index is 1.44. The summed E-state index contributed by atoms with van der Waals surface area (Å²) in [5, 5.41) is 2.66. The zero-order valence-corrected chi connectivity index (χ0v) is 18.4. The first kappa shape index (κ1) is 21.5. The first-order valence-corrected chi connectivity index (χ1v) is 10.4. The van der Waals surface area contributed by atoms with Crippen LogP contribution < -0.4 is 5.32 Å². The van der Waals surface area contributed by atoms with Crippen LogP contribution in [0.5, 0.6) is 0 Å². The van der Waals surface area contributed by atoms with E-state index < -0.39 is 29.8 Å². The molecule has 3 amide bonds. The van der Waals surface area contributed by atoms with Crippen LogP contribution in [0.15, 0.2) is 69.8 Å². The van der Waals surface area contributed by atoms with Crippen LogP contribution in [0, 0.1) is 0 Å². The van der Waals surface area contributed by atoms with Crippen molar-refractivity contribution in [1.82, 2.24) is 4.90 Å². The van der Waals surface area contributed by atoms with Gasteiger partial charge in [0, 0.05) is 10.2 Å². The van der Waals surface area contributed by atoms with Crippen molar-refractivity contribution in [3.8, 4) is 0 Å². The van der Waals surface area contributed by atoms with Crippen LogP contribution in [-0.2, 0) is 16.1 Å². The number of imide groups is 1. The summed E-state index contributed by atoms with van der Waals surface area (Å²) in [6.45, 7) is 1.44. The Bertz CT molecular complexity index is 1200. The smallest absolute Gasteiger partial charge is 0.338 e. The maximum Gasteiger partial charge on any atom is 0.338 e. The molecular weight excluding hydrogens is 480 g/mol. The Labute approximate surface area is 191 Å². The van der Waals surface area contributed by atoms with Gasteiger partial charge in [0.15, 0.2) is 6.10 Å². The molecule has 0 saturated carbocycles. The van der Waals surface area contributed by atoms with E-state index in [1.807, 2.05) is 0 Å². The number of anilines is 1. The van der Waals surface area contributed by atoms with Gasteiger partial charge in [-0.25, -0.2) is 4.79 Å². The molecule has 1 N–H and O–H groups in total. The van der Waals surface area contributed by atoms with E-state index >= 15 is 0 Å². The molecule has 2 heterocycles. The molecule has 1 aromatic heterocycles. The normalized spacial score (nSPS) is 13.6. The predicted octanol–water partition coefficient (Wildman–Crippen LogP) is 4.02. The van der Waals surface area contributed by atoms with Crippen molar-refractivity contribution in [3.05, 3.63) is 87.8 Å². The lowest BCUT2D eigenvalue weighted by Gasteiger charge is -2.14. The van der Waals surface area contributed by atoms with Crippen LogP contribution in [0.3, 0.4) is 0 Å². The number of fused-ring (bicyclic) bond motifs is 1. The number of ether oxygens (including phenoxy) is 1. The highest BCUT2D eigenvalue weighted by molar-refractivity contribution is 9.10. The van der Waals surface area contributed by atoms with Crippen molar-refractivity contribution >= 4 is 45.3 Å². The number of furan rings is 1. The number of rotatable bonds is 6. The van der Waals surface area contributed by atoms with Gasteiger partial charge in [0.25, 0.3) is 17.7 Å². The van der Waals surface area contributed by atoms with Crippen LogP contribution in [0.4, 0.5) is 5.69 Å². The summed E-state index contributed by atoms with van der Waals surface area (Å²) in [6.07, 6.45) is 0.377. The van der Waals surface area contributed by atoms with Gasteiger partial charge in [0.2, 0.25) is 0 Å². The molecule has 4 rings (SSSR count). The minimum Gasteiger partial charge on any atom is -0.467 e. The van der Waals surface area contributed by atoms with Gasteiger partial charge < -0.3 is 14.5 Å². The predicted molar refractivity (Wildman–Crippen MR) is 117 cm³/mol. The molecule has 9 heteroatoms. The summed E-state index contributed by atoms with van der Waals surface area (Å²) in [5.41, 5.74) is 0.912. The molecule has 162 valence electrons. The highest BCUT2D eigenvalue weighted by Crippen LogP contribution is 2.26. The molecule has 0 spiro atoms. The number of esters is 1. The van der Waals surface area contributed by atoms with Crippen molar-refractivity contribution in [2.24, 2.45) is 0 Å². The summed E-state index contributed by atoms with van der Waals surface area (Å²) < 4.78 is 11.3. The van der Waals surface area contributed by atoms with Gasteiger partial charge in [-0.1, -0.05) is 15.9 Å². The third kappa shape index (κ3) is 4.33. The van der Waals surface area contributed by atoms with Crippen molar-refractivity contribution in [2.45, 2.75) is 19.6 Å². The molecule has 0 saturated heterocycles. The van der Waals surface area contributed by atoms with Crippen LogP contribution in [-0.4, -0.2) is 34.7 Å².